The van der Waals surface area contributed by atoms with E-state index in [1.54, 1.807) is 0 Å². The van der Waals surface area contributed by atoms with Gasteiger partial charge in [-0.3, -0.25) is 47.9 Å². The highest BCUT2D eigenvalue weighted by atomic mass is 33.1. The van der Waals surface area contributed by atoms with Crippen LogP contribution in [0.3, 0.4) is 0 Å². The molecule has 0 rings (SSSR count). The first-order valence-corrected chi connectivity index (χ1v) is 48.6. The minimum atomic E-state index is -1.65. The van der Waals surface area contributed by atoms with E-state index in [0.717, 1.165) is 83.5 Å². The van der Waals surface area contributed by atoms with Gasteiger partial charge in [-0.1, -0.05) is 306 Å². The number of ether oxygens (including phenoxy) is 10. The molecule has 0 spiro atoms. The lowest BCUT2D eigenvalue weighted by molar-refractivity contribution is -0.245. The molecule has 0 aliphatic rings. The maximum absolute atomic E-state index is 12.9. The first kappa shape index (κ1) is 114. The number of hydrogen-bond donors (Lipinski definition) is 4. The summed E-state index contributed by atoms with van der Waals surface area (Å²) in [5.41, 5.74) is 0. The van der Waals surface area contributed by atoms with Gasteiger partial charge in [0.25, 0.3) is 0 Å². The number of Topliss-reactive ketones (excluding diaryl/α,β-unsaturated/α-hetero) is 1. The molecule has 0 bridgehead atoms. The van der Waals surface area contributed by atoms with Crippen LogP contribution in [0, 0.1) is 0 Å². The lowest BCUT2D eigenvalue weighted by Crippen LogP contribution is -2.32. The van der Waals surface area contributed by atoms with E-state index < -0.39 is 147 Å². The lowest BCUT2D eigenvalue weighted by Gasteiger charge is -2.18. The van der Waals surface area contributed by atoms with E-state index in [1.165, 1.54) is 195 Å². The topological polar surface area (TPSA) is 397 Å². The molecule has 0 aromatic rings. The quantitative estimate of drug-likeness (QED) is 0.0110. The van der Waals surface area contributed by atoms with Crippen molar-refractivity contribution in [3.63, 3.8) is 0 Å². The van der Waals surface area contributed by atoms with E-state index in [4.69, 9.17) is 47.4 Å². The van der Waals surface area contributed by atoms with Crippen LogP contribution in [0.4, 0.5) is 4.79 Å². The lowest BCUT2D eigenvalue weighted by atomic mass is 10.0. The van der Waals surface area contributed by atoms with Gasteiger partial charge in [-0.2, -0.15) is 4.79 Å². The summed E-state index contributed by atoms with van der Waals surface area (Å²) in [7, 11) is 2.61. The standard InChI is InChI=1S/C90H158O28S2/c1-5-9-13-17-21-25-29-33-37-41-45-49-80(96)109-67-74(115-87(103)51-47-43-39-35-31-27-23-19-15-11-7-3)68-111-84(100)57-54-73(91)53-55-76(92)78(94)71-112-85(101)61-59-82(98)107-63-65-119-120-66-64-108-83(99)60-62-86(102)113-72-79(95)77(93)56-58-89(105)117-118-90(106)114-70-75(116-88(104)52-48-44-40-36-32-28-24-20-16-12-8-4)69-110-81(97)50-46-42-38-34-30-26-22-18-14-10-6-2/h74-79,92-95H,5-72H2,1-4H3. The highest BCUT2D eigenvalue weighted by molar-refractivity contribution is 8.76. The second-order valence-corrected chi connectivity index (χ2v) is 34.1. The van der Waals surface area contributed by atoms with E-state index in [9.17, 15) is 78.0 Å². The van der Waals surface area contributed by atoms with Crippen LogP contribution in [0.5, 0.6) is 0 Å². The van der Waals surface area contributed by atoms with Crippen molar-refractivity contribution in [2.24, 2.45) is 0 Å². The number of aliphatic hydroxyl groups is 4. The number of ketones is 1. The molecule has 28 nitrogen and oxygen atoms in total. The van der Waals surface area contributed by atoms with E-state index in [0.29, 0.717) is 37.2 Å². The Morgan fingerprint density at radius 2 is 0.467 bits per heavy atom. The van der Waals surface area contributed by atoms with Crippen molar-refractivity contribution in [3.05, 3.63) is 0 Å². The smallest absolute Gasteiger partial charge is 0.465 e. The fraction of sp³-hybridized carbons (Fsp3) is 0.867. The zero-order valence-electron chi connectivity index (χ0n) is 74.0. The Labute approximate surface area is 725 Å². The number of carbonyl (C=O) groups excluding carboxylic acids is 12. The number of aliphatic hydroxyl groups excluding tert-OH is 4. The molecule has 0 aliphatic carbocycles. The van der Waals surface area contributed by atoms with E-state index >= 15 is 0 Å². The molecule has 120 heavy (non-hydrogen) atoms. The van der Waals surface area contributed by atoms with Crippen LogP contribution in [0.25, 0.3) is 0 Å². The molecule has 0 heterocycles. The summed E-state index contributed by atoms with van der Waals surface area (Å²) >= 11 is 0. The van der Waals surface area contributed by atoms with E-state index in [1.807, 2.05) is 0 Å². The van der Waals surface area contributed by atoms with Gasteiger partial charge in [-0.05, 0) is 38.5 Å². The molecule has 0 aromatic heterocycles. The number of carbonyl (C=O) groups is 12. The highest BCUT2D eigenvalue weighted by Gasteiger charge is 2.26. The first-order chi connectivity index (χ1) is 58.1. The molecule has 698 valence electrons. The molecule has 0 saturated heterocycles. The maximum atomic E-state index is 12.9. The Kier molecular flexibility index (Phi) is 80.0. The first-order valence-electron chi connectivity index (χ1n) is 46.1. The Balaban J connectivity index is 4.54. The number of unbranched alkanes of at least 4 members (excludes halogenated alkanes) is 40. The van der Waals surface area contributed by atoms with Crippen molar-refractivity contribution >= 4 is 93.2 Å². The third-order valence-electron chi connectivity index (χ3n) is 20.1. The average Bonchev–Trinajstić information content (AvgIpc) is 0.943. The van der Waals surface area contributed by atoms with Crippen LogP contribution in [-0.2, 0) is 110 Å². The van der Waals surface area contributed by atoms with Crippen molar-refractivity contribution in [3.8, 4) is 0 Å². The van der Waals surface area contributed by atoms with Gasteiger partial charge in [0.05, 0.1) is 50.7 Å². The summed E-state index contributed by atoms with van der Waals surface area (Å²) in [5, 5.41) is 41.6. The zero-order valence-corrected chi connectivity index (χ0v) is 75.6. The molecule has 6 atom stereocenters. The third-order valence-corrected chi connectivity index (χ3v) is 22.4. The fourth-order valence-electron chi connectivity index (χ4n) is 12.6. The largest absolute Gasteiger partial charge is 0.550 e. The van der Waals surface area contributed by atoms with Crippen LogP contribution in [0.2, 0.25) is 0 Å². The van der Waals surface area contributed by atoms with Crippen molar-refractivity contribution < 1.29 is 135 Å². The average molecular weight is 1750 g/mol. The normalized spacial score (nSPS) is 12.7. The number of esters is 9. The van der Waals surface area contributed by atoms with Crippen LogP contribution in [-0.4, -0.2) is 193 Å². The molecule has 0 fully saturated rings. The molecular formula is C90H158O28S2. The molecule has 0 aliphatic heterocycles. The minimum Gasteiger partial charge on any atom is -0.465 e. The Morgan fingerprint density at radius 3 is 0.775 bits per heavy atom. The summed E-state index contributed by atoms with van der Waals surface area (Å²) in [6.07, 6.45) is 36.6. The Bertz CT molecular complexity index is 2440. The van der Waals surface area contributed by atoms with Crippen LogP contribution >= 0.6 is 21.6 Å². The van der Waals surface area contributed by atoms with Gasteiger partial charge >= 0.3 is 65.8 Å². The third kappa shape index (κ3) is 78.2. The summed E-state index contributed by atoms with van der Waals surface area (Å²) in [6.45, 7) is 5.86. The molecule has 4 N–H and O–H groups in total. The predicted molar refractivity (Wildman–Crippen MR) is 459 cm³/mol. The van der Waals surface area contributed by atoms with Gasteiger partial charge < -0.3 is 67.8 Å². The van der Waals surface area contributed by atoms with Crippen molar-refractivity contribution in [2.75, 3.05) is 64.4 Å². The van der Waals surface area contributed by atoms with Crippen molar-refractivity contribution in [1.29, 1.82) is 0 Å². The second kappa shape index (κ2) is 84.0. The van der Waals surface area contributed by atoms with E-state index in [-0.39, 0.29) is 104 Å². The SMILES string of the molecule is CCCCCCCCCCCCCC(=O)OCC(COC(=O)CCC(=O)CCC(O)C(O)COC(=O)CCC(=O)OCCSSCCOC(=O)CCC(=O)OCC(O)C(O)CCC(=O)OOC(=O)OCC(COC(=O)CCCCCCCCCCCCC)OC(=O)CCCCCCCCCCCCC)OC(=O)CCCCCCCCCCCCC. The van der Waals surface area contributed by atoms with Crippen molar-refractivity contribution in [1.82, 2.24) is 0 Å². The van der Waals surface area contributed by atoms with Gasteiger partial charge in [0.2, 0.25) is 0 Å². The molecule has 0 amide bonds. The molecular weight excluding hydrogens is 1590 g/mol. The number of hydrogen-bond acceptors (Lipinski definition) is 30. The highest BCUT2D eigenvalue weighted by Crippen LogP contribution is 2.22. The summed E-state index contributed by atoms with van der Waals surface area (Å²) in [4.78, 5) is 159. The maximum Gasteiger partial charge on any atom is 0.550 e. The molecule has 0 aromatic carbocycles. The van der Waals surface area contributed by atoms with Gasteiger partial charge in [-0.25, -0.2) is 14.6 Å². The van der Waals surface area contributed by atoms with Crippen LogP contribution < -0.4 is 0 Å². The summed E-state index contributed by atoms with van der Waals surface area (Å²) in [5.74, 6) is -6.72. The van der Waals surface area contributed by atoms with Gasteiger partial charge in [0.1, 0.15) is 70.8 Å². The van der Waals surface area contributed by atoms with Crippen LogP contribution in [0.1, 0.15) is 400 Å². The summed E-state index contributed by atoms with van der Waals surface area (Å²) in [6, 6.07) is 0. The monoisotopic (exact) mass is 1750 g/mol. The van der Waals surface area contributed by atoms with Gasteiger partial charge in [-0.15, -0.1) is 0 Å². The van der Waals surface area contributed by atoms with Gasteiger partial charge in [0, 0.05) is 50.0 Å². The Hall–Kier alpha value is -5.82. The predicted octanol–water partition coefficient (Wildman–Crippen LogP) is 18.3. The van der Waals surface area contributed by atoms with Crippen LogP contribution in [0.15, 0.2) is 0 Å². The zero-order chi connectivity index (χ0) is 88.4. The van der Waals surface area contributed by atoms with Crippen molar-refractivity contribution in [2.45, 2.75) is 437 Å². The summed E-state index contributed by atoms with van der Waals surface area (Å²) < 4.78 is 52.6. The molecule has 30 heteroatoms. The van der Waals surface area contributed by atoms with E-state index in [2.05, 4.69) is 37.5 Å². The molecule has 0 radical (unpaired) electrons. The minimum absolute atomic E-state index is 0.00882. The molecule has 6 unspecified atom stereocenters. The second-order valence-electron chi connectivity index (χ2n) is 31.4. The number of rotatable bonds is 86. The van der Waals surface area contributed by atoms with Gasteiger partial charge in [0.15, 0.2) is 12.2 Å². The Morgan fingerprint density at radius 1 is 0.225 bits per heavy atom. The molecule has 0 saturated carbocycles. The fourth-order valence-corrected chi connectivity index (χ4v) is 14.3.